The summed E-state index contributed by atoms with van der Waals surface area (Å²) in [6, 6.07) is 6.08. The molecule has 1 aliphatic carbocycles. The first kappa shape index (κ1) is 14.4. The summed E-state index contributed by atoms with van der Waals surface area (Å²) in [5.41, 5.74) is -0.0282. The van der Waals surface area contributed by atoms with E-state index in [1.165, 1.54) is 12.1 Å². The van der Waals surface area contributed by atoms with Crippen molar-refractivity contribution in [1.82, 2.24) is 0 Å². The van der Waals surface area contributed by atoms with E-state index in [0.29, 0.717) is 0 Å². The van der Waals surface area contributed by atoms with Crippen molar-refractivity contribution in [2.45, 2.75) is 13.8 Å². The lowest BCUT2D eigenvalue weighted by Crippen LogP contribution is -2.17. The third-order valence-electron chi connectivity index (χ3n) is 3.63. The molecule has 1 aliphatic rings. The molecule has 1 saturated carbocycles. The molecule has 5 heteroatoms. The van der Waals surface area contributed by atoms with E-state index in [-0.39, 0.29) is 33.3 Å². The number of hydrogen-bond donors (Lipinski definition) is 1. The Balaban J connectivity index is 2.10. The molecule has 0 bridgehead atoms. The molecule has 1 N–H and O–H groups in total. The Hall–Kier alpha value is -1.06. The summed E-state index contributed by atoms with van der Waals surface area (Å²) >= 11 is 11.3. The minimum Gasteiger partial charge on any atom is -0.323 e. The van der Waals surface area contributed by atoms with Gasteiger partial charge in [-0.3, -0.25) is 4.79 Å². The quantitative estimate of drug-likeness (QED) is 0.883. The third kappa shape index (κ3) is 2.93. The molecule has 0 radical (unpaired) electrons. The van der Waals surface area contributed by atoms with Gasteiger partial charge in [-0.25, -0.2) is 4.39 Å². The standard InChI is InChI=1S/C14H14Cl2FNO/c1-14(2)8(7-11(15)16)12(14)13(19)18-10-6-4-3-5-9(10)17/h3-8,12H,1-2H3,(H,18,19)/t8-,12+/m1/s1. The number of benzene rings is 1. The van der Waals surface area contributed by atoms with E-state index in [1.807, 2.05) is 13.8 Å². The van der Waals surface area contributed by atoms with Crippen LogP contribution in [0, 0.1) is 23.1 Å². The Labute approximate surface area is 121 Å². The Morgan fingerprint density at radius 1 is 1.37 bits per heavy atom. The van der Waals surface area contributed by atoms with Crippen molar-refractivity contribution in [3.63, 3.8) is 0 Å². The lowest BCUT2D eigenvalue weighted by molar-refractivity contribution is -0.118. The highest BCUT2D eigenvalue weighted by Gasteiger charge is 2.60. The van der Waals surface area contributed by atoms with Crippen LogP contribution in [0.3, 0.4) is 0 Å². The fraction of sp³-hybridized carbons (Fsp3) is 0.357. The zero-order chi connectivity index (χ0) is 14.2. The summed E-state index contributed by atoms with van der Waals surface area (Å²) in [6.07, 6.45) is 1.66. The summed E-state index contributed by atoms with van der Waals surface area (Å²) < 4.78 is 13.6. The molecule has 0 saturated heterocycles. The molecule has 102 valence electrons. The van der Waals surface area contributed by atoms with Gasteiger partial charge in [0.15, 0.2) is 0 Å². The third-order valence-corrected chi connectivity index (χ3v) is 3.88. The van der Waals surface area contributed by atoms with E-state index in [4.69, 9.17) is 23.2 Å². The molecule has 2 nitrogen and oxygen atoms in total. The van der Waals surface area contributed by atoms with Gasteiger partial charge in [-0.2, -0.15) is 0 Å². The average Bonchev–Trinajstić information content (AvgIpc) is 2.82. The van der Waals surface area contributed by atoms with E-state index in [1.54, 1.807) is 18.2 Å². The monoisotopic (exact) mass is 301 g/mol. The topological polar surface area (TPSA) is 29.1 Å². The maximum absolute atomic E-state index is 13.5. The minimum atomic E-state index is -0.447. The molecular formula is C14H14Cl2FNO. The van der Waals surface area contributed by atoms with Gasteiger partial charge in [-0.05, 0) is 29.5 Å². The van der Waals surface area contributed by atoms with Crippen molar-refractivity contribution in [2.75, 3.05) is 5.32 Å². The van der Waals surface area contributed by atoms with Crippen molar-refractivity contribution in [1.29, 1.82) is 0 Å². The van der Waals surface area contributed by atoms with E-state index in [9.17, 15) is 9.18 Å². The van der Waals surface area contributed by atoms with Crippen molar-refractivity contribution in [2.24, 2.45) is 17.3 Å². The number of nitrogens with one attached hydrogen (secondary N) is 1. The molecule has 1 amide bonds. The van der Waals surface area contributed by atoms with Crippen LogP contribution in [0.2, 0.25) is 0 Å². The SMILES string of the molecule is CC1(C)[C@H](C=C(Cl)Cl)[C@H]1C(=O)Nc1ccccc1F. The first-order chi connectivity index (χ1) is 8.84. The molecule has 0 spiro atoms. The fourth-order valence-corrected chi connectivity index (χ4v) is 2.67. The number of rotatable bonds is 3. The van der Waals surface area contributed by atoms with Crippen LogP contribution in [-0.4, -0.2) is 5.91 Å². The smallest absolute Gasteiger partial charge is 0.228 e. The summed E-state index contributed by atoms with van der Waals surface area (Å²) in [4.78, 5) is 12.1. The molecule has 19 heavy (non-hydrogen) atoms. The molecule has 1 aromatic rings. The average molecular weight is 302 g/mol. The minimum absolute atomic E-state index is 0.0238. The molecular weight excluding hydrogens is 288 g/mol. The first-order valence-electron chi connectivity index (χ1n) is 5.92. The van der Waals surface area contributed by atoms with Gasteiger partial charge in [0.1, 0.15) is 10.3 Å². The molecule has 0 aromatic heterocycles. The van der Waals surface area contributed by atoms with Crippen LogP contribution in [0.15, 0.2) is 34.8 Å². The zero-order valence-corrected chi connectivity index (χ0v) is 12.1. The Morgan fingerprint density at radius 2 is 2.00 bits per heavy atom. The largest absolute Gasteiger partial charge is 0.323 e. The highest BCUT2D eigenvalue weighted by molar-refractivity contribution is 6.55. The summed E-state index contributed by atoms with van der Waals surface area (Å²) in [7, 11) is 0. The summed E-state index contributed by atoms with van der Waals surface area (Å²) in [6.45, 7) is 3.91. The van der Waals surface area contributed by atoms with E-state index in [2.05, 4.69) is 5.32 Å². The van der Waals surface area contributed by atoms with Crippen LogP contribution in [-0.2, 0) is 4.79 Å². The molecule has 2 atom stereocenters. The predicted octanol–water partition coefficient (Wildman–Crippen LogP) is 4.36. The van der Waals surface area contributed by atoms with Crippen molar-refractivity contribution < 1.29 is 9.18 Å². The number of para-hydroxylation sites is 1. The highest BCUT2D eigenvalue weighted by atomic mass is 35.5. The lowest BCUT2D eigenvalue weighted by atomic mass is 10.1. The number of carbonyl (C=O) groups is 1. The van der Waals surface area contributed by atoms with Gasteiger partial charge in [0, 0.05) is 0 Å². The fourth-order valence-electron chi connectivity index (χ4n) is 2.40. The number of hydrogen-bond acceptors (Lipinski definition) is 1. The zero-order valence-electron chi connectivity index (χ0n) is 10.6. The van der Waals surface area contributed by atoms with E-state index in [0.717, 1.165) is 0 Å². The van der Waals surface area contributed by atoms with E-state index < -0.39 is 5.82 Å². The maximum atomic E-state index is 13.5. The second-order valence-corrected chi connectivity index (χ2v) is 6.26. The Morgan fingerprint density at radius 3 is 2.58 bits per heavy atom. The summed E-state index contributed by atoms with van der Waals surface area (Å²) in [5.74, 6) is -0.938. The van der Waals surface area contributed by atoms with Crippen LogP contribution in [0.4, 0.5) is 10.1 Å². The Bertz CT molecular complexity index is 538. The van der Waals surface area contributed by atoms with E-state index >= 15 is 0 Å². The lowest BCUT2D eigenvalue weighted by Gasteiger charge is -2.06. The van der Waals surface area contributed by atoms with Gasteiger partial charge in [-0.1, -0.05) is 49.2 Å². The number of anilines is 1. The molecule has 0 aliphatic heterocycles. The Kier molecular flexibility index (Phi) is 3.88. The number of amides is 1. The predicted molar refractivity (Wildman–Crippen MR) is 75.6 cm³/mol. The number of carbonyl (C=O) groups excluding carboxylic acids is 1. The molecule has 2 rings (SSSR count). The van der Waals surface area contributed by atoms with Crippen LogP contribution in [0.1, 0.15) is 13.8 Å². The van der Waals surface area contributed by atoms with Crippen LogP contribution >= 0.6 is 23.2 Å². The van der Waals surface area contributed by atoms with Gasteiger partial charge >= 0.3 is 0 Å². The second-order valence-electron chi connectivity index (χ2n) is 5.25. The molecule has 0 unspecified atom stereocenters. The van der Waals surface area contributed by atoms with Gasteiger partial charge < -0.3 is 5.32 Å². The van der Waals surface area contributed by atoms with Gasteiger partial charge in [0.2, 0.25) is 5.91 Å². The van der Waals surface area contributed by atoms with Crippen LogP contribution in [0.5, 0.6) is 0 Å². The first-order valence-corrected chi connectivity index (χ1v) is 6.68. The molecule has 1 fully saturated rings. The van der Waals surface area contributed by atoms with Gasteiger partial charge in [0.25, 0.3) is 0 Å². The van der Waals surface area contributed by atoms with Gasteiger partial charge in [-0.15, -0.1) is 0 Å². The van der Waals surface area contributed by atoms with Crippen LogP contribution in [0.25, 0.3) is 0 Å². The number of halogens is 3. The number of allylic oxidation sites excluding steroid dienone is 1. The highest BCUT2D eigenvalue weighted by Crippen LogP contribution is 2.60. The van der Waals surface area contributed by atoms with Crippen LogP contribution < -0.4 is 5.32 Å². The summed E-state index contributed by atoms with van der Waals surface area (Å²) in [5, 5.41) is 2.60. The maximum Gasteiger partial charge on any atom is 0.228 e. The van der Waals surface area contributed by atoms with Gasteiger partial charge in [0.05, 0.1) is 11.6 Å². The normalized spacial score (nSPS) is 23.6. The van der Waals surface area contributed by atoms with Crippen molar-refractivity contribution in [3.8, 4) is 0 Å². The van der Waals surface area contributed by atoms with Crippen molar-refractivity contribution in [3.05, 3.63) is 40.7 Å². The second kappa shape index (κ2) is 5.14. The molecule has 1 aromatic carbocycles. The molecule has 0 heterocycles. The van der Waals surface area contributed by atoms with Crippen molar-refractivity contribution >= 4 is 34.8 Å².